The van der Waals surface area contributed by atoms with E-state index in [0.717, 1.165) is 46.2 Å². The summed E-state index contributed by atoms with van der Waals surface area (Å²) < 4.78 is 5.28. The summed E-state index contributed by atoms with van der Waals surface area (Å²) in [5, 5.41) is 14.2. The first-order valence-corrected chi connectivity index (χ1v) is 10.1. The zero-order valence-electron chi connectivity index (χ0n) is 17.9. The summed E-state index contributed by atoms with van der Waals surface area (Å²) in [5.74, 6) is 0.549. The second-order valence-electron chi connectivity index (χ2n) is 7.38. The van der Waals surface area contributed by atoms with Crippen LogP contribution in [-0.4, -0.2) is 66.3 Å². The van der Waals surface area contributed by atoms with Crippen LogP contribution in [0.25, 0.3) is 21.8 Å². The largest absolute Gasteiger partial charge is 0.497 e. The third-order valence-corrected chi connectivity index (χ3v) is 5.09. The van der Waals surface area contributed by atoms with Crippen molar-refractivity contribution in [1.82, 2.24) is 20.2 Å². The van der Waals surface area contributed by atoms with Gasteiger partial charge in [-0.15, -0.1) is 10.1 Å². The third-order valence-electron chi connectivity index (χ3n) is 5.09. The first kappa shape index (κ1) is 22.3. The van der Waals surface area contributed by atoms with Crippen LogP contribution in [0.3, 0.4) is 0 Å². The van der Waals surface area contributed by atoms with Gasteiger partial charge in [-0.25, -0.2) is 4.98 Å². The van der Waals surface area contributed by atoms with Gasteiger partial charge in [0.05, 0.1) is 30.4 Å². The number of hydrogen-bond donors (Lipinski definition) is 2. The zero-order chi connectivity index (χ0) is 22.4. The molecule has 0 aliphatic carbocycles. The number of rotatable bonds is 11. The molecule has 0 aliphatic heterocycles. The van der Waals surface area contributed by atoms with Gasteiger partial charge in [-0.2, -0.15) is 0 Å². The predicted molar refractivity (Wildman–Crippen MR) is 117 cm³/mol. The van der Waals surface area contributed by atoms with Gasteiger partial charge in [-0.3, -0.25) is 4.79 Å². The van der Waals surface area contributed by atoms with Crippen LogP contribution in [0.5, 0.6) is 5.75 Å². The highest BCUT2D eigenvalue weighted by Crippen LogP contribution is 2.30. The van der Waals surface area contributed by atoms with Crippen molar-refractivity contribution >= 4 is 27.7 Å². The number of nitrogens with zero attached hydrogens (tertiary/aromatic N) is 3. The molecule has 2 heterocycles. The van der Waals surface area contributed by atoms with Gasteiger partial charge in [0.2, 0.25) is 0 Å². The van der Waals surface area contributed by atoms with Gasteiger partial charge in [-0.05, 0) is 58.1 Å². The minimum absolute atomic E-state index is 0.0855. The van der Waals surface area contributed by atoms with E-state index in [1.807, 2.05) is 43.1 Å². The van der Waals surface area contributed by atoms with Crippen LogP contribution in [0.2, 0.25) is 0 Å². The molecule has 0 spiro atoms. The molecule has 0 saturated carbocycles. The smallest absolute Gasteiger partial charge is 0.294 e. The average Bonchev–Trinajstić information content (AvgIpc) is 3.12. The Balaban J connectivity index is 1.56. The second-order valence-corrected chi connectivity index (χ2v) is 7.38. The number of fused-ring (bicyclic) bond motifs is 3. The number of aromatic nitrogens is 2. The van der Waals surface area contributed by atoms with E-state index in [1.54, 1.807) is 7.11 Å². The fourth-order valence-corrected chi connectivity index (χ4v) is 3.51. The topological polar surface area (TPSA) is 123 Å². The molecule has 0 radical (unpaired) electrons. The molecule has 3 rings (SSSR count). The van der Waals surface area contributed by atoms with E-state index in [0.29, 0.717) is 25.2 Å². The number of aromatic amines is 1. The molecule has 0 fully saturated rings. The quantitative estimate of drug-likeness (QED) is 0.273. The van der Waals surface area contributed by atoms with Crippen LogP contribution in [-0.2, 0) is 4.84 Å². The highest BCUT2D eigenvalue weighted by atomic mass is 16.9. The SMILES string of the molecule is COc1ccc2c(c1)[nH]c1c(C)nc(C(=O)NCCCN(C)CCCO[N+](=O)[O-])cc12. The van der Waals surface area contributed by atoms with Crippen LogP contribution >= 0.6 is 0 Å². The summed E-state index contributed by atoms with van der Waals surface area (Å²) >= 11 is 0. The number of H-pyrrole nitrogens is 1. The summed E-state index contributed by atoms with van der Waals surface area (Å²) in [6, 6.07) is 7.60. The summed E-state index contributed by atoms with van der Waals surface area (Å²) in [7, 11) is 3.56. The fourth-order valence-electron chi connectivity index (χ4n) is 3.51. The van der Waals surface area contributed by atoms with E-state index >= 15 is 0 Å². The molecule has 10 heteroatoms. The van der Waals surface area contributed by atoms with E-state index in [-0.39, 0.29) is 12.5 Å². The number of carbonyl (C=O) groups excluding carboxylic acids is 1. The highest BCUT2D eigenvalue weighted by molar-refractivity contribution is 6.10. The molecule has 10 nitrogen and oxygen atoms in total. The van der Waals surface area contributed by atoms with Crippen LogP contribution in [0.1, 0.15) is 29.0 Å². The summed E-state index contributed by atoms with van der Waals surface area (Å²) in [5.41, 5.74) is 2.98. The standard InChI is InChI=1S/C21H27N5O5/c1-14-20-17(16-7-6-15(30-3)12-18(16)24-20)13-19(23-14)21(27)22-8-4-9-25(2)10-5-11-31-26(28)29/h6-7,12-13,24H,4-5,8-11H2,1-3H3,(H,22,27). The second kappa shape index (κ2) is 10.1. The number of nitrogens with one attached hydrogen (secondary N) is 2. The van der Waals surface area contributed by atoms with Crippen LogP contribution < -0.4 is 10.1 Å². The van der Waals surface area contributed by atoms with Crippen molar-refractivity contribution in [3.05, 3.63) is 45.8 Å². The molecule has 31 heavy (non-hydrogen) atoms. The Bertz CT molecular complexity index is 1080. The molecule has 0 saturated heterocycles. The average molecular weight is 429 g/mol. The van der Waals surface area contributed by atoms with E-state index < -0.39 is 5.09 Å². The molecule has 1 aromatic carbocycles. The van der Waals surface area contributed by atoms with Gasteiger partial charge in [0.15, 0.2) is 0 Å². The lowest BCUT2D eigenvalue weighted by molar-refractivity contribution is -0.757. The molecule has 166 valence electrons. The molecule has 0 atom stereocenters. The molecule has 0 aliphatic rings. The molecular formula is C21H27N5O5. The molecule has 2 N–H and O–H groups in total. The summed E-state index contributed by atoms with van der Waals surface area (Å²) in [6.45, 7) is 3.92. The zero-order valence-corrected chi connectivity index (χ0v) is 17.9. The van der Waals surface area contributed by atoms with Crippen molar-refractivity contribution in [2.45, 2.75) is 19.8 Å². The van der Waals surface area contributed by atoms with Gasteiger partial charge in [-0.1, -0.05) is 0 Å². The number of carbonyl (C=O) groups is 1. The number of methoxy groups -OCH3 is 1. The van der Waals surface area contributed by atoms with E-state index in [9.17, 15) is 14.9 Å². The predicted octanol–water partition coefficient (Wildman–Crippen LogP) is 2.68. The molecular weight excluding hydrogens is 402 g/mol. The van der Waals surface area contributed by atoms with E-state index in [1.165, 1.54) is 0 Å². The number of benzene rings is 1. The lowest BCUT2D eigenvalue weighted by Crippen LogP contribution is -2.29. The highest BCUT2D eigenvalue weighted by Gasteiger charge is 2.14. The van der Waals surface area contributed by atoms with Crippen LogP contribution in [0, 0.1) is 17.0 Å². The van der Waals surface area contributed by atoms with E-state index in [2.05, 4.69) is 20.1 Å². The van der Waals surface area contributed by atoms with Crippen LogP contribution in [0.4, 0.5) is 0 Å². The van der Waals surface area contributed by atoms with Crippen molar-refractivity contribution in [2.24, 2.45) is 0 Å². The number of aryl methyl sites for hydroxylation is 1. The van der Waals surface area contributed by atoms with Crippen molar-refractivity contribution in [3.8, 4) is 5.75 Å². The molecule has 1 amide bonds. The normalized spacial score (nSPS) is 11.2. The van der Waals surface area contributed by atoms with Gasteiger partial charge < -0.3 is 24.8 Å². The maximum Gasteiger partial charge on any atom is 0.294 e. The van der Waals surface area contributed by atoms with Crippen molar-refractivity contribution in [3.63, 3.8) is 0 Å². The minimum Gasteiger partial charge on any atom is -0.497 e. The van der Waals surface area contributed by atoms with Gasteiger partial charge in [0, 0.05) is 23.4 Å². The Morgan fingerprint density at radius 1 is 1.26 bits per heavy atom. The number of hydrogen-bond acceptors (Lipinski definition) is 7. The number of pyridine rings is 1. The summed E-state index contributed by atoms with van der Waals surface area (Å²) in [6.07, 6.45) is 1.33. The fraction of sp³-hybridized carbons (Fsp3) is 0.429. The summed E-state index contributed by atoms with van der Waals surface area (Å²) in [4.78, 5) is 36.9. The van der Waals surface area contributed by atoms with Crippen LogP contribution in [0.15, 0.2) is 24.3 Å². The Hall–Kier alpha value is -3.40. The van der Waals surface area contributed by atoms with E-state index in [4.69, 9.17) is 4.74 Å². The molecule has 0 bridgehead atoms. The Morgan fingerprint density at radius 3 is 2.77 bits per heavy atom. The Morgan fingerprint density at radius 2 is 2.03 bits per heavy atom. The first-order chi connectivity index (χ1) is 14.9. The monoisotopic (exact) mass is 429 g/mol. The number of ether oxygens (including phenoxy) is 1. The van der Waals surface area contributed by atoms with Gasteiger partial charge in [0.25, 0.3) is 11.0 Å². The molecule has 0 unspecified atom stereocenters. The number of amides is 1. The minimum atomic E-state index is -0.782. The maximum atomic E-state index is 12.6. The van der Waals surface area contributed by atoms with Crippen molar-refractivity contribution in [1.29, 1.82) is 0 Å². The third kappa shape index (κ3) is 5.60. The lowest BCUT2D eigenvalue weighted by Gasteiger charge is -2.16. The van der Waals surface area contributed by atoms with Crippen molar-refractivity contribution < 1.29 is 19.5 Å². The maximum absolute atomic E-state index is 12.6. The van der Waals surface area contributed by atoms with Gasteiger partial charge in [0.1, 0.15) is 11.4 Å². The molecule has 2 aromatic heterocycles. The van der Waals surface area contributed by atoms with Crippen molar-refractivity contribution in [2.75, 3.05) is 40.4 Å². The lowest BCUT2D eigenvalue weighted by atomic mass is 10.1. The Labute approximate surface area is 179 Å². The molecule has 3 aromatic rings. The first-order valence-electron chi connectivity index (χ1n) is 10.1. The van der Waals surface area contributed by atoms with Gasteiger partial charge >= 0.3 is 0 Å². The Kier molecular flexibility index (Phi) is 7.24.